The van der Waals surface area contributed by atoms with Gasteiger partial charge in [0.2, 0.25) is 0 Å². The number of benzene rings is 3. The molecule has 164 valence electrons. The first-order chi connectivity index (χ1) is 15.0. The summed E-state index contributed by atoms with van der Waals surface area (Å²) in [4.78, 5) is 9.00. The van der Waals surface area contributed by atoms with Crippen molar-refractivity contribution in [1.82, 2.24) is 0 Å². The highest BCUT2D eigenvalue weighted by Gasteiger charge is 2.05. The lowest BCUT2D eigenvalue weighted by atomic mass is 10.2. The molecule has 7 heteroatoms. The van der Waals surface area contributed by atoms with E-state index in [-0.39, 0.29) is 0 Å². The van der Waals surface area contributed by atoms with Crippen LogP contribution in [0.1, 0.15) is 19.8 Å². The van der Waals surface area contributed by atoms with Crippen LogP contribution in [0.2, 0.25) is 10.0 Å². The summed E-state index contributed by atoms with van der Waals surface area (Å²) >= 11 is 12.4. The van der Waals surface area contributed by atoms with Crippen molar-refractivity contribution in [2.45, 2.75) is 19.8 Å². The van der Waals surface area contributed by atoms with Gasteiger partial charge in [-0.25, -0.2) is 0 Å². The van der Waals surface area contributed by atoms with Crippen molar-refractivity contribution in [1.29, 1.82) is 0 Å². The molecule has 0 heterocycles. The zero-order valence-corrected chi connectivity index (χ0v) is 18.7. The number of carboxylic acids is 1. The van der Waals surface area contributed by atoms with Gasteiger partial charge in [-0.1, -0.05) is 47.5 Å². The molecular weight excluding hydrogens is 437 g/mol. The van der Waals surface area contributed by atoms with E-state index in [9.17, 15) is 0 Å². The van der Waals surface area contributed by atoms with E-state index < -0.39 is 5.97 Å². The van der Waals surface area contributed by atoms with E-state index in [1.807, 2.05) is 60.7 Å². The van der Waals surface area contributed by atoms with Crippen LogP contribution in [0.4, 0.5) is 11.4 Å². The lowest BCUT2D eigenvalue weighted by molar-refractivity contribution is -0.134. The number of rotatable bonds is 9. The molecule has 0 amide bonds. The Morgan fingerprint density at radius 2 is 1.29 bits per heavy atom. The molecule has 0 saturated carbocycles. The molecule has 0 bridgehead atoms. The minimum atomic E-state index is -0.833. The van der Waals surface area contributed by atoms with Gasteiger partial charge in [0.05, 0.1) is 28.9 Å². The largest absolute Gasteiger partial charge is 0.494 e. The van der Waals surface area contributed by atoms with Crippen molar-refractivity contribution < 1.29 is 19.4 Å². The van der Waals surface area contributed by atoms with Crippen molar-refractivity contribution in [3.8, 4) is 11.5 Å². The molecule has 0 aliphatic carbocycles. The molecule has 31 heavy (non-hydrogen) atoms. The van der Waals surface area contributed by atoms with Crippen LogP contribution in [-0.2, 0) is 4.79 Å². The lowest BCUT2D eigenvalue weighted by Gasteiger charge is -2.11. The van der Waals surface area contributed by atoms with E-state index in [0.29, 0.717) is 28.9 Å². The number of ether oxygens (including phenoxy) is 2. The second-order valence-electron chi connectivity index (χ2n) is 6.48. The third-order valence-corrected chi connectivity index (χ3v) is 4.54. The summed E-state index contributed by atoms with van der Waals surface area (Å²) in [5, 5.41) is 11.8. The van der Waals surface area contributed by atoms with E-state index in [2.05, 4.69) is 5.32 Å². The summed E-state index contributed by atoms with van der Waals surface area (Å²) in [7, 11) is 0. The molecular formula is C24H25Cl2NO4. The molecule has 0 spiro atoms. The predicted octanol–water partition coefficient (Wildman–Crippen LogP) is 7.07. The molecule has 0 aliphatic heterocycles. The number of halogens is 2. The smallest absolute Gasteiger partial charge is 0.300 e. The number of carboxylic acid groups (broad SMARTS) is 1. The number of nitrogens with one attached hydrogen (secondary N) is 1. The molecule has 0 radical (unpaired) electrons. The SMILES string of the molecule is CC(=O)O.Clc1cccc(Cl)c1Nc1ccc(OCCCCOc2ccccc2)cc1. The normalized spacial score (nSPS) is 9.90. The molecule has 0 aliphatic rings. The van der Waals surface area contributed by atoms with E-state index >= 15 is 0 Å². The maximum absolute atomic E-state index is 9.00. The summed E-state index contributed by atoms with van der Waals surface area (Å²) in [6.45, 7) is 2.43. The van der Waals surface area contributed by atoms with Gasteiger partial charge in [0.15, 0.2) is 0 Å². The second kappa shape index (κ2) is 13.4. The fraction of sp³-hybridized carbons (Fsp3) is 0.208. The summed E-state index contributed by atoms with van der Waals surface area (Å²) < 4.78 is 11.4. The van der Waals surface area contributed by atoms with Gasteiger partial charge in [0.25, 0.3) is 5.97 Å². The van der Waals surface area contributed by atoms with E-state index in [1.165, 1.54) is 0 Å². The van der Waals surface area contributed by atoms with E-state index in [1.54, 1.807) is 12.1 Å². The summed E-state index contributed by atoms with van der Waals surface area (Å²) in [5.74, 6) is 0.898. The first kappa shape index (κ1) is 24.4. The Labute approximate surface area is 192 Å². The van der Waals surface area contributed by atoms with Crippen molar-refractivity contribution in [3.05, 3.63) is 82.8 Å². The Balaban J connectivity index is 0.000000785. The molecule has 3 aromatic carbocycles. The van der Waals surface area contributed by atoms with E-state index in [4.69, 9.17) is 42.6 Å². The molecule has 3 aromatic rings. The highest BCUT2D eigenvalue weighted by atomic mass is 35.5. The van der Waals surface area contributed by atoms with Gasteiger partial charge in [0.1, 0.15) is 11.5 Å². The topological polar surface area (TPSA) is 67.8 Å². The average Bonchev–Trinajstić information content (AvgIpc) is 2.75. The minimum absolute atomic E-state index is 0.584. The minimum Gasteiger partial charge on any atom is -0.494 e. The maximum atomic E-state index is 9.00. The van der Waals surface area contributed by atoms with Crippen LogP contribution in [0.5, 0.6) is 11.5 Å². The number of hydrogen-bond acceptors (Lipinski definition) is 4. The summed E-state index contributed by atoms with van der Waals surface area (Å²) in [6.07, 6.45) is 1.88. The van der Waals surface area contributed by atoms with Gasteiger partial charge in [-0.3, -0.25) is 4.79 Å². The monoisotopic (exact) mass is 461 g/mol. The van der Waals surface area contributed by atoms with Crippen LogP contribution in [-0.4, -0.2) is 24.3 Å². The van der Waals surface area contributed by atoms with Gasteiger partial charge in [0, 0.05) is 12.6 Å². The fourth-order valence-electron chi connectivity index (χ4n) is 2.50. The van der Waals surface area contributed by atoms with Crippen LogP contribution in [0.15, 0.2) is 72.8 Å². The van der Waals surface area contributed by atoms with E-state index in [0.717, 1.165) is 37.0 Å². The first-order valence-electron chi connectivity index (χ1n) is 9.77. The Bertz CT molecular complexity index is 910. The molecule has 2 N–H and O–H groups in total. The third kappa shape index (κ3) is 9.64. The standard InChI is InChI=1S/C22H21Cl2NO2.C2H4O2/c23-20-9-6-10-21(24)22(20)25-17-11-13-19(14-12-17)27-16-5-4-15-26-18-7-2-1-3-8-18;1-2(3)4/h1-3,6-14,25H,4-5,15-16H2;1H3,(H,3,4). The highest BCUT2D eigenvalue weighted by Crippen LogP contribution is 2.32. The zero-order valence-electron chi connectivity index (χ0n) is 17.2. The average molecular weight is 462 g/mol. The maximum Gasteiger partial charge on any atom is 0.300 e. The van der Waals surface area contributed by atoms with Crippen LogP contribution in [0.25, 0.3) is 0 Å². The molecule has 0 aromatic heterocycles. The Morgan fingerprint density at radius 1 is 0.806 bits per heavy atom. The molecule has 5 nitrogen and oxygen atoms in total. The zero-order chi connectivity index (χ0) is 22.5. The van der Waals surface area contributed by atoms with Gasteiger partial charge in [-0.2, -0.15) is 0 Å². The molecule has 0 fully saturated rings. The molecule has 3 rings (SSSR count). The number of hydrogen-bond donors (Lipinski definition) is 2. The summed E-state index contributed by atoms with van der Waals surface area (Å²) in [6, 6.07) is 23.0. The lowest BCUT2D eigenvalue weighted by Crippen LogP contribution is -2.02. The number of para-hydroxylation sites is 2. The molecule has 0 unspecified atom stereocenters. The Morgan fingerprint density at radius 3 is 1.81 bits per heavy atom. The van der Waals surface area contributed by atoms with Crippen molar-refractivity contribution in [2.24, 2.45) is 0 Å². The van der Waals surface area contributed by atoms with Gasteiger partial charge in [-0.15, -0.1) is 0 Å². The van der Waals surface area contributed by atoms with Gasteiger partial charge < -0.3 is 19.9 Å². The second-order valence-corrected chi connectivity index (χ2v) is 7.30. The van der Waals surface area contributed by atoms with Gasteiger partial charge in [-0.05, 0) is 61.4 Å². The Hall–Kier alpha value is -2.89. The van der Waals surface area contributed by atoms with Gasteiger partial charge >= 0.3 is 0 Å². The quantitative estimate of drug-likeness (QED) is 0.333. The van der Waals surface area contributed by atoms with Crippen molar-refractivity contribution >= 4 is 40.5 Å². The van der Waals surface area contributed by atoms with Crippen LogP contribution in [0, 0.1) is 0 Å². The van der Waals surface area contributed by atoms with Crippen molar-refractivity contribution in [2.75, 3.05) is 18.5 Å². The molecule has 0 atom stereocenters. The number of carbonyl (C=O) groups is 1. The molecule has 0 saturated heterocycles. The summed E-state index contributed by atoms with van der Waals surface area (Å²) in [5.41, 5.74) is 1.60. The predicted molar refractivity (Wildman–Crippen MR) is 126 cm³/mol. The number of anilines is 2. The Kier molecular flexibility index (Phi) is 10.6. The first-order valence-corrected chi connectivity index (χ1v) is 10.5. The van der Waals surface area contributed by atoms with Crippen LogP contribution >= 0.6 is 23.2 Å². The van der Waals surface area contributed by atoms with Crippen molar-refractivity contribution in [3.63, 3.8) is 0 Å². The number of unbranched alkanes of at least 4 members (excludes halogenated alkanes) is 1. The van der Waals surface area contributed by atoms with Crippen LogP contribution in [0.3, 0.4) is 0 Å². The number of aliphatic carboxylic acids is 1. The third-order valence-electron chi connectivity index (χ3n) is 3.91. The fourth-order valence-corrected chi connectivity index (χ4v) is 2.99. The highest BCUT2D eigenvalue weighted by molar-refractivity contribution is 6.39. The van der Waals surface area contributed by atoms with Crippen LogP contribution < -0.4 is 14.8 Å².